The Morgan fingerprint density at radius 3 is 2.81 bits per heavy atom. The van der Waals surface area contributed by atoms with Crippen LogP contribution in [0.5, 0.6) is 0 Å². The number of nitrogens with two attached hydrogens (primary N) is 1. The fourth-order valence-corrected chi connectivity index (χ4v) is 3.08. The lowest BCUT2D eigenvalue weighted by Crippen LogP contribution is -2.27. The summed E-state index contributed by atoms with van der Waals surface area (Å²) in [7, 11) is 0. The molecule has 1 aromatic carbocycles. The van der Waals surface area contributed by atoms with E-state index in [9.17, 15) is 10.1 Å². The maximum atomic E-state index is 12.4. The van der Waals surface area contributed by atoms with Crippen molar-refractivity contribution in [2.45, 2.75) is 32.1 Å². The average molecular weight is 280 g/mol. The molecule has 1 aliphatic carbocycles. The van der Waals surface area contributed by atoms with Crippen LogP contribution >= 0.6 is 0 Å². The maximum Gasteiger partial charge on any atom is 0.205 e. The maximum absolute atomic E-state index is 12.4. The van der Waals surface area contributed by atoms with E-state index in [1.807, 2.05) is 31.2 Å². The van der Waals surface area contributed by atoms with E-state index in [1.54, 1.807) is 0 Å². The smallest absolute Gasteiger partial charge is 0.205 e. The molecular weight excluding hydrogens is 264 g/mol. The quantitative estimate of drug-likeness (QED) is 0.858. The molecule has 0 saturated carbocycles. The zero-order valence-electron chi connectivity index (χ0n) is 11.8. The third kappa shape index (κ3) is 2.11. The second kappa shape index (κ2) is 5.10. The second-order valence-electron chi connectivity index (χ2n) is 5.39. The molecular formula is C17H16N2O2. The van der Waals surface area contributed by atoms with Crippen molar-refractivity contribution in [3.63, 3.8) is 0 Å². The first kappa shape index (κ1) is 13.4. The van der Waals surface area contributed by atoms with Gasteiger partial charge in [0.1, 0.15) is 17.4 Å². The van der Waals surface area contributed by atoms with Gasteiger partial charge in [0.05, 0.1) is 5.92 Å². The summed E-state index contributed by atoms with van der Waals surface area (Å²) in [6.45, 7) is 1.98. The summed E-state index contributed by atoms with van der Waals surface area (Å²) in [4.78, 5) is 12.4. The van der Waals surface area contributed by atoms with E-state index in [-0.39, 0.29) is 11.7 Å². The summed E-state index contributed by atoms with van der Waals surface area (Å²) in [6.07, 6.45) is 1.97. The molecule has 0 aromatic heterocycles. The van der Waals surface area contributed by atoms with Gasteiger partial charge in [-0.15, -0.1) is 0 Å². The molecule has 1 aliphatic heterocycles. The highest BCUT2D eigenvalue weighted by Crippen LogP contribution is 2.43. The molecule has 1 heterocycles. The van der Waals surface area contributed by atoms with Crippen LogP contribution in [0.3, 0.4) is 0 Å². The van der Waals surface area contributed by atoms with Crippen molar-refractivity contribution >= 4 is 5.78 Å². The molecule has 4 heteroatoms. The van der Waals surface area contributed by atoms with Gasteiger partial charge in [0.2, 0.25) is 5.88 Å². The highest BCUT2D eigenvalue weighted by molar-refractivity contribution is 5.99. The fraction of sp³-hybridized carbons (Fsp3) is 0.294. The van der Waals surface area contributed by atoms with Gasteiger partial charge in [-0.2, -0.15) is 5.26 Å². The normalized spacial score (nSPS) is 21.7. The summed E-state index contributed by atoms with van der Waals surface area (Å²) in [5.74, 6) is 0.424. The van der Waals surface area contributed by atoms with Gasteiger partial charge in [-0.05, 0) is 24.5 Å². The summed E-state index contributed by atoms with van der Waals surface area (Å²) in [6, 6.07) is 9.90. The van der Waals surface area contributed by atoms with E-state index in [0.29, 0.717) is 29.7 Å². The average Bonchev–Trinajstić information content (AvgIpc) is 2.47. The number of nitriles is 1. The number of ketones is 1. The van der Waals surface area contributed by atoms with Crippen LogP contribution in [0.2, 0.25) is 0 Å². The number of aryl methyl sites for hydroxylation is 1. The molecule has 106 valence electrons. The van der Waals surface area contributed by atoms with E-state index >= 15 is 0 Å². The lowest BCUT2D eigenvalue weighted by molar-refractivity contribution is -0.116. The van der Waals surface area contributed by atoms with Gasteiger partial charge in [-0.3, -0.25) is 4.79 Å². The van der Waals surface area contributed by atoms with Crippen LogP contribution in [0.25, 0.3) is 0 Å². The Hall–Kier alpha value is -2.54. The molecule has 1 atom stereocenters. The minimum Gasteiger partial charge on any atom is -0.444 e. The number of carbonyl (C=O) groups excluding carboxylic acids is 1. The van der Waals surface area contributed by atoms with Crippen molar-refractivity contribution in [1.82, 2.24) is 0 Å². The molecule has 0 spiro atoms. The van der Waals surface area contributed by atoms with Gasteiger partial charge in [-0.25, -0.2) is 0 Å². The van der Waals surface area contributed by atoms with Crippen molar-refractivity contribution in [3.8, 4) is 6.07 Å². The number of carbonyl (C=O) groups is 1. The Balaban J connectivity index is 2.23. The molecule has 3 rings (SSSR count). The second-order valence-corrected chi connectivity index (χ2v) is 5.39. The first-order valence-electron chi connectivity index (χ1n) is 7.03. The summed E-state index contributed by atoms with van der Waals surface area (Å²) < 4.78 is 5.55. The monoisotopic (exact) mass is 280 g/mol. The van der Waals surface area contributed by atoms with Crippen molar-refractivity contribution in [2.24, 2.45) is 5.73 Å². The van der Waals surface area contributed by atoms with Crippen molar-refractivity contribution < 1.29 is 9.53 Å². The molecule has 4 nitrogen and oxygen atoms in total. The van der Waals surface area contributed by atoms with Crippen LogP contribution < -0.4 is 5.73 Å². The molecule has 2 aliphatic rings. The first-order chi connectivity index (χ1) is 10.1. The number of allylic oxidation sites excluding steroid dienone is 3. The fourth-order valence-electron chi connectivity index (χ4n) is 3.08. The zero-order chi connectivity index (χ0) is 15.0. The van der Waals surface area contributed by atoms with Crippen LogP contribution in [0, 0.1) is 18.3 Å². The molecule has 0 bridgehead atoms. The number of Topliss-reactive ketones (excluding diaryl/α,β-unsaturated/α-hetero) is 1. The minimum absolute atomic E-state index is 0.0600. The standard InChI is InChI=1S/C17H16N2O2/c1-10-5-2-3-6-11(10)15-12(9-18)17(19)21-14-8-4-7-13(20)16(14)15/h2-3,5-6,15H,4,7-8,19H2,1H3/t15-/m1/s1. The van der Waals surface area contributed by atoms with Gasteiger partial charge >= 0.3 is 0 Å². The lowest BCUT2D eigenvalue weighted by Gasteiger charge is -2.31. The van der Waals surface area contributed by atoms with Crippen molar-refractivity contribution in [1.29, 1.82) is 5.26 Å². The number of rotatable bonds is 1. The number of hydrogen-bond donors (Lipinski definition) is 1. The molecule has 1 aromatic rings. The van der Waals surface area contributed by atoms with Crippen molar-refractivity contribution in [3.05, 3.63) is 58.2 Å². The predicted octanol–water partition coefficient (Wildman–Crippen LogP) is 2.81. The molecule has 0 radical (unpaired) electrons. The number of hydrogen-bond acceptors (Lipinski definition) is 4. The van der Waals surface area contributed by atoms with E-state index in [4.69, 9.17) is 10.5 Å². The van der Waals surface area contributed by atoms with E-state index in [1.165, 1.54) is 0 Å². The summed E-state index contributed by atoms with van der Waals surface area (Å²) in [5.41, 5.74) is 8.84. The summed E-state index contributed by atoms with van der Waals surface area (Å²) >= 11 is 0. The Kier molecular flexibility index (Phi) is 3.26. The third-order valence-corrected chi connectivity index (χ3v) is 4.10. The van der Waals surface area contributed by atoms with Crippen LogP contribution in [0.15, 0.2) is 47.1 Å². The van der Waals surface area contributed by atoms with E-state index in [2.05, 4.69) is 6.07 Å². The molecule has 0 amide bonds. The lowest BCUT2D eigenvalue weighted by atomic mass is 9.76. The Labute approximate surface area is 123 Å². The minimum atomic E-state index is -0.396. The Morgan fingerprint density at radius 2 is 2.10 bits per heavy atom. The van der Waals surface area contributed by atoms with Gasteiger partial charge in [0.15, 0.2) is 5.78 Å². The van der Waals surface area contributed by atoms with Crippen LogP contribution in [0.1, 0.15) is 36.3 Å². The number of ether oxygens (including phenoxy) is 1. The Morgan fingerprint density at radius 1 is 1.33 bits per heavy atom. The SMILES string of the molecule is Cc1ccccc1[C@@H]1C(C#N)=C(N)OC2=C1C(=O)CCC2. The Bertz CT molecular complexity index is 723. The van der Waals surface area contributed by atoms with E-state index in [0.717, 1.165) is 17.5 Å². The largest absolute Gasteiger partial charge is 0.444 e. The predicted molar refractivity (Wildman–Crippen MR) is 77.7 cm³/mol. The van der Waals surface area contributed by atoms with E-state index < -0.39 is 5.92 Å². The molecule has 2 N–H and O–H groups in total. The highest BCUT2D eigenvalue weighted by Gasteiger charge is 2.38. The third-order valence-electron chi connectivity index (χ3n) is 4.10. The molecule has 0 saturated heterocycles. The van der Waals surface area contributed by atoms with Gasteiger partial charge < -0.3 is 10.5 Å². The topological polar surface area (TPSA) is 76.1 Å². The zero-order valence-corrected chi connectivity index (χ0v) is 11.8. The van der Waals surface area contributed by atoms with Crippen molar-refractivity contribution in [2.75, 3.05) is 0 Å². The van der Waals surface area contributed by atoms with Crippen LogP contribution in [0.4, 0.5) is 0 Å². The number of nitrogens with zero attached hydrogens (tertiary/aromatic N) is 1. The highest BCUT2D eigenvalue weighted by atomic mass is 16.5. The first-order valence-corrected chi connectivity index (χ1v) is 7.03. The summed E-state index contributed by atoms with van der Waals surface area (Å²) in [5, 5.41) is 9.46. The van der Waals surface area contributed by atoms with Gasteiger partial charge in [0.25, 0.3) is 0 Å². The molecule has 0 unspecified atom stereocenters. The van der Waals surface area contributed by atoms with Crippen LogP contribution in [-0.2, 0) is 9.53 Å². The molecule has 0 fully saturated rings. The van der Waals surface area contributed by atoms with Gasteiger partial charge in [0, 0.05) is 18.4 Å². The van der Waals surface area contributed by atoms with Gasteiger partial charge in [-0.1, -0.05) is 24.3 Å². The molecule has 21 heavy (non-hydrogen) atoms. The van der Waals surface area contributed by atoms with Crippen LogP contribution in [-0.4, -0.2) is 5.78 Å². The number of benzene rings is 1.